The van der Waals surface area contributed by atoms with Crippen LogP contribution in [0.2, 0.25) is 10.0 Å². The number of hydrogen-bond acceptors (Lipinski definition) is 3. The van der Waals surface area contributed by atoms with Gasteiger partial charge in [0, 0.05) is 33.5 Å². The molecule has 0 unspecified atom stereocenters. The molecule has 122 valence electrons. The van der Waals surface area contributed by atoms with Crippen molar-refractivity contribution < 1.29 is 4.79 Å². The molecule has 0 spiro atoms. The van der Waals surface area contributed by atoms with Gasteiger partial charge in [0.1, 0.15) is 0 Å². The Morgan fingerprint density at radius 3 is 2.83 bits per heavy atom. The second kappa shape index (κ2) is 7.65. The van der Waals surface area contributed by atoms with E-state index in [9.17, 15) is 4.79 Å². The van der Waals surface area contributed by atoms with Crippen molar-refractivity contribution in [2.45, 2.75) is 38.5 Å². The van der Waals surface area contributed by atoms with Gasteiger partial charge in [0.15, 0.2) is 5.13 Å². The minimum atomic E-state index is 0.103. The predicted octanol–water partition coefficient (Wildman–Crippen LogP) is 5.56. The van der Waals surface area contributed by atoms with E-state index in [1.807, 2.05) is 6.07 Å². The molecule has 0 aliphatic heterocycles. The standard InChI is InChI=1S/C17H18Cl2N2OS/c18-13-6-7-15(19)12(8-13)9-14-10-20-17(23-14)21-16(22)11-4-2-1-3-5-11/h6-8,10-11H,1-5,9H2,(H,20,21,22). The zero-order chi connectivity index (χ0) is 16.2. The maximum atomic E-state index is 12.3. The molecule has 1 aliphatic carbocycles. The second-order valence-corrected chi connectivity index (χ2v) is 7.83. The van der Waals surface area contributed by atoms with Crippen molar-refractivity contribution in [2.24, 2.45) is 5.92 Å². The van der Waals surface area contributed by atoms with E-state index in [-0.39, 0.29) is 11.8 Å². The molecule has 0 saturated heterocycles. The normalized spacial score (nSPS) is 15.6. The van der Waals surface area contributed by atoms with Gasteiger partial charge in [-0.15, -0.1) is 11.3 Å². The van der Waals surface area contributed by atoms with Crippen LogP contribution in [-0.4, -0.2) is 10.9 Å². The lowest BCUT2D eigenvalue weighted by atomic mass is 9.89. The van der Waals surface area contributed by atoms with Crippen molar-refractivity contribution in [1.82, 2.24) is 4.98 Å². The summed E-state index contributed by atoms with van der Waals surface area (Å²) in [5, 5.41) is 4.97. The number of hydrogen-bond donors (Lipinski definition) is 1. The van der Waals surface area contributed by atoms with E-state index < -0.39 is 0 Å². The van der Waals surface area contributed by atoms with Crippen molar-refractivity contribution in [1.29, 1.82) is 0 Å². The molecule has 1 fully saturated rings. The molecule has 1 aromatic heterocycles. The number of carbonyl (C=O) groups is 1. The molecular formula is C17H18Cl2N2OS. The van der Waals surface area contributed by atoms with E-state index in [1.54, 1.807) is 18.3 Å². The topological polar surface area (TPSA) is 42.0 Å². The summed E-state index contributed by atoms with van der Waals surface area (Å²) >= 11 is 13.7. The van der Waals surface area contributed by atoms with E-state index in [1.165, 1.54) is 17.8 Å². The highest BCUT2D eigenvalue weighted by Gasteiger charge is 2.21. The monoisotopic (exact) mass is 368 g/mol. The lowest BCUT2D eigenvalue weighted by Crippen LogP contribution is -2.24. The molecule has 6 heteroatoms. The second-order valence-electron chi connectivity index (χ2n) is 5.87. The summed E-state index contributed by atoms with van der Waals surface area (Å²) in [5.74, 6) is 0.241. The molecule has 23 heavy (non-hydrogen) atoms. The number of rotatable bonds is 4. The van der Waals surface area contributed by atoms with E-state index in [2.05, 4.69) is 10.3 Å². The first-order valence-electron chi connectivity index (χ1n) is 7.81. The largest absolute Gasteiger partial charge is 0.302 e. The zero-order valence-corrected chi connectivity index (χ0v) is 15.0. The van der Waals surface area contributed by atoms with Gasteiger partial charge in [-0.1, -0.05) is 42.5 Å². The van der Waals surface area contributed by atoms with E-state index in [0.29, 0.717) is 21.6 Å². The van der Waals surface area contributed by atoms with Gasteiger partial charge in [-0.3, -0.25) is 4.79 Å². The third-order valence-corrected chi connectivity index (χ3v) is 5.65. The Morgan fingerprint density at radius 2 is 2.04 bits per heavy atom. The molecule has 1 heterocycles. The summed E-state index contributed by atoms with van der Waals surface area (Å²) < 4.78 is 0. The van der Waals surface area contributed by atoms with Crippen molar-refractivity contribution >= 4 is 45.6 Å². The Morgan fingerprint density at radius 1 is 1.26 bits per heavy atom. The third kappa shape index (κ3) is 4.46. The van der Waals surface area contributed by atoms with Gasteiger partial charge in [-0.25, -0.2) is 4.98 Å². The number of thiazole rings is 1. The van der Waals surface area contributed by atoms with Crippen molar-refractivity contribution in [3.8, 4) is 0 Å². The summed E-state index contributed by atoms with van der Waals surface area (Å²) in [5.41, 5.74) is 0.966. The fourth-order valence-electron chi connectivity index (χ4n) is 2.89. The molecule has 1 aromatic carbocycles. The fourth-order valence-corrected chi connectivity index (χ4v) is 4.10. The van der Waals surface area contributed by atoms with E-state index in [4.69, 9.17) is 23.2 Å². The molecule has 1 saturated carbocycles. The molecule has 2 aromatic rings. The van der Waals surface area contributed by atoms with Crippen LogP contribution in [0.4, 0.5) is 5.13 Å². The minimum absolute atomic E-state index is 0.103. The number of benzene rings is 1. The van der Waals surface area contributed by atoms with E-state index in [0.717, 1.165) is 36.1 Å². The summed E-state index contributed by atoms with van der Waals surface area (Å²) in [4.78, 5) is 17.6. The number of carbonyl (C=O) groups excluding carboxylic acids is 1. The highest BCUT2D eigenvalue weighted by Crippen LogP contribution is 2.28. The van der Waals surface area contributed by atoms with Crippen LogP contribution >= 0.6 is 34.5 Å². The number of halogens is 2. The number of aromatic nitrogens is 1. The Bertz CT molecular complexity index is 696. The van der Waals surface area contributed by atoms with Gasteiger partial charge < -0.3 is 5.32 Å². The molecule has 1 aliphatic rings. The maximum Gasteiger partial charge on any atom is 0.229 e. The molecular weight excluding hydrogens is 351 g/mol. The number of anilines is 1. The molecule has 1 amide bonds. The lowest BCUT2D eigenvalue weighted by molar-refractivity contribution is -0.120. The Hall–Kier alpha value is -1.10. The van der Waals surface area contributed by atoms with Crippen LogP contribution in [0.3, 0.4) is 0 Å². The van der Waals surface area contributed by atoms with Crippen LogP contribution in [0.1, 0.15) is 42.5 Å². The molecule has 3 rings (SSSR count). The smallest absolute Gasteiger partial charge is 0.229 e. The molecule has 0 atom stereocenters. The molecule has 1 N–H and O–H groups in total. The van der Waals surface area contributed by atoms with Gasteiger partial charge in [0.05, 0.1) is 0 Å². The highest BCUT2D eigenvalue weighted by molar-refractivity contribution is 7.15. The van der Waals surface area contributed by atoms with Crippen LogP contribution in [0.5, 0.6) is 0 Å². The summed E-state index contributed by atoms with van der Waals surface area (Å²) in [7, 11) is 0. The first-order chi connectivity index (χ1) is 11.1. The van der Waals surface area contributed by atoms with Crippen molar-refractivity contribution in [2.75, 3.05) is 5.32 Å². The number of amides is 1. The van der Waals surface area contributed by atoms with Crippen molar-refractivity contribution in [3.63, 3.8) is 0 Å². The Kier molecular flexibility index (Phi) is 5.57. The van der Waals surface area contributed by atoms with Gasteiger partial charge in [-0.2, -0.15) is 0 Å². The van der Waals surface area contributed by atoms with Crippen LogP contribution in [0.25, 0.3) is 0 Å². The first-order valence-corrected chi connectivity index (χ1v) is 9.38. The average molecular weight is 369 g/mol. The van der Waals surface area contributed by atoms with Crippen molar-refractivity contribution in [3.05, 3.63) is 44.9 Å². The third-order valence-electron chi connectivity index (χ3n) is 4.13. The summed E-state index contributed by atoms with van der Waals surface area (Å²) in [6.07, 6.45) is 7.97. The molecule has 0 radical (unpaired) electrons. The minimum Gasteiger partial charge on any atom is -0.302 e. The van der Waals surface area contributed by atoms with Gasteiger partial charge in [0.2, 0.25) is 5.91 Å². The lowest BCUT2D eigenvalue weighted by Gasteiger charge is -2.19. The highest BCUT2D eigenvalue weighted by atomic mass is 35.5. The number of nitrogens with one attached hydrogen (secondary N) is 1. The zero-order valence-electron chi connectivity index (χ0n) is 12.6. The van der Waals surface area contributed by atoms with Gasteiger partial charge >= 0.3 is 0 Å². The maximum absolute atomic E-state index is 12.3. The van der Waals surface area contributed by atoms with Crippen LogP contribution in [-0.2, 0) is 11.2 Å². The van der Waals surface area contributed by atoms with Gasteiger partial charge in [0.25, 0.3) is 0 Å². The Labute approximate surface area is 150 Å². The summed E-state index contributed by atoms with van der Waals surface area (Å²) in [6.45, 7) is 0. The Balaban J connectivity index is 1.63. The van der Waals surface area contributed by atoms with Crippen LogP contribution in [0, 0.1) is 5.92 Å². The average Bonchev–Trinajstić information content (AvgIpc) is 2.99. The quantitative estimate of drug-likeness (QED) is 0.767. The van der Waals surface area contributed by atoms with Crippen LogP contribution in [0.15, 0.2) is 24.4 Å². The van der Waals surface area contributed by atoms with Crippen LogP contribution < -0.4 is 5.32 Å². The van der Waals surface area contributed by atoms with E-state index >= 15 is 0 Å². The number of nitrogens with zero attached hydrogens (tertiary/aromatic N) is 1. The predicted molar refractivity (Wildman–Crippen MR) is 96.6 cm³/mol. The molecule has 3 nitrogen and oxygen atoms in total. The first kappa shape index (κ1) is 16.7. The fraction of sp³-hybridized carbons (Fsp3) is 0.412. The van der Waals surface area contributed by atoms with Gasteiger partial charge in [-0.05, 0) is 36.6 Å². The molecule has 0 bridgehead atoms. The summed E-state index contributed by atoms with van der Waals surface area (Å²) in [6, 6.07) is 5.44. The SMILES string of the molecule is O=C(Nc1ncc(Cc2cc(Cl)ccc2Cl)s1)C1CCCCC1.